The van der Waals surface area contributed by atoms with E-state index < -0.39 is 4.92 Å². The molecular weight excluding hydrogens is 312 g/mol. The number of halogens is 3. The van der Waals surface area contributed by atoms with Crippen LogP contribution in [0.1, 0.15) is 0 Å². The summed E-state index contributed by atoms with van der Waals surface area (Å²) in [6.45, 7) is 0. The van der Waals surface area contributed by atoms with Crippen molar-refractivity contribution in [1.29, 1.82) is 0 Å². The summed E-state index contributed by atoms with van der Waals surface area (Å²) in [7, 11) is 0. The van der Waals surface area contributed by atoms with Crippen molar-refractivity contribution in [2.45, 2.75) is 0 Å². The molecule has 0 unspecified atom stereocenters. The van der Waals surface area contributed by atoms with Crippen molar-refractivity contribution >= 4 is 46.3 Å². The van der Waals surface area contributed by atoms with E-state index in [0.717, 1.165) is 0 Å². The molecule has 19 heavy (non-hydrogen) atoms. The van der Waals surface area contributed by atoms with Crippen LogP contribution in [0.5, 0.6) is 0 Å². The maximum Gasteiger partial charge on any atom is 0.311 e. The van der Waals surface area contributed by atoms with Gasteiger partial charge in [-0.25, -0.2) is 4.98 Å². The molecule has 0 atom stereocenters. The van der Waals surface area contributed by atoms with Crippen molar-refractivity contribution in [3.05, 3.63) is 49.6 Å². The first-order valence-electron chi connectivity index (χ1n) is 4.95. The predicted molar refractivity (Wildman–Crippen MR) is 75.8 cm³/mol. The number of benzene rings is 1. The predicted octanol–water partition coefficient (Wildman–Crippen LogP) is 4.20. The third kappa shape index (κ3) is 2.73. The second-order valence-electron chi connectivity index (χ2n) is 3.63. The molecule has 8 heteroatoms. The van der Waals surface area contributed by atoms with E-state index in [9.17, 15) is 10.1 Å². The molecule has 0 saturated heterocycles. The van der Waals surface area contributed by atoms with Crippen molar-refractivity contribution in [3.63, 3.8) is 0 Å². The number of nitro groups is 1. The highest BCUT2D eigenvalue weighted by atomic mass is 35.5. The lowest BCUT2D eigenvalue weighted by molar-refractivity contribution is -0.384. The van der Waals surface area contributed by atoms with Crippen LogP contribution in [0.15, 0.2) is 24.4 Å². The van der Waals surface area contributed by atoms with Gasteiger partial charge < -0.3 is 5.73 Å². The Balaban J connectivity index is 2.63. The summed E-state index contributed by atoms with van der Waals surface area (Å²) in [6, 6.07) is 4.26. The van der Waals surface area contributed by atoms with Gasteiger partial charge in [0.2, 0.25) is 5.82 Å². The van der Waals surface area contributed by atoms with Crippen LogP contribution in [0, 0.1) is 10.1 Å². The minimum absolute atomic E-state index is 0.162. The van der Waals surface area contributed by atoms with E-state index in [1.165, 1.54) is 24.4 Å². The topological polar surface area (TPSA) is 82.0 Å². The van der Waals surface area contributed by atoms with Crippen molar-refractivity contribution in [2.75, 3.05) is 5.73 Å². The number of hydrogen-bond acceptors (Lipinski definition) is 4. The molecular formula is C11H6Cl3N3O2. The van der Waals surface area contributed by atoms with Gasteiger partial charge >= 0.3 is 5.69 Å². The Morgan fingerprint density at radius 3 is 2.37 bits per heavy atom. The van der Waals surface area contributed by atoms with Crippen LogP contribution in [0.3, 0.4) is 0 Å². The number of anilines is 1. The largest absolute Gasteiger partial charge is 0.378 e. The molecule has 0 spiro atoms. The SMILES string of the molecule is Nc1ncc(-c2cc(Cl)c(Cl)cc2Cl)cc1[N+](=O)[O-]. The third-order valence-corrected chi connectivity index (χ3v) is 3.45. The van der Waals surface area contributed by atoms with Gasteiger partial charge in [0.05, 0.1) is 20.0 Å². The zero-order valence-electron chi connectivity index (χ0n) is 9.23. The molecule has 0 aliphatic carbocycles. The zero-order valence-corrected chi connectivity index (χ0v) is 11.5. The molecule has 0 bridgehead atoms. The van der Waals surface area contributed by atoms with Gasteiger partial charge in [0.25, 0.3) is 0 Å². The van der Waals surface area contributed by atoms with Crippen molar-refractivity contribution in [1.82, 2.24) is 4.98 Å². The minimum Gasteiger partial charge on any atom is -0.378 e. The highest BCUT2D eigenvalue weighted by molar-refractivity contribution is 6.44. The van der Waals surface area contributed by atoms with Gasteiger partial charge in [0.1, 0.15) is 0 Å². The van der Waals surface area contributed by atoms with Crippen LogP contribution in [0.25, 0.3) is 11.1 Å². The van der Waals surface area contributed by atoms with E-state index >= 15 is 0 Å². The average molecular weight is 319 g/mol. The number of rotatable bonds is 2. The van der Waals surface area contributed by atoms with Gasteiger partial charge in [-0.15, -0.1) is 0 Å². The molecule has 0 fully saturated rings. The van der Waals surface area contributed by atoms with Crippen LogP contribution in [0.2, 0.25) is 15.1 Å². The molecule has 0 radical (unpaired) electrons. The molecule has 0 aliphatic heterocycles. The molecule has 2 N–H and O–H groups in total. The molecule has 0 saturated carbocycles. The van der Waals surface area contributed by atoms with Crippen molar-refractivity contribution < 1.29 is 4.92 Å². The van der Waals surface area contributed by atoms with Crippen LogP contribution in [-0.4, -0.2) is 9.91 Å². The Bertz CT molecular complexity index is 676. The molecule has 1 aromatic heterocycles. The Morgan fingerprint density at radius 2 is 1.74 bits per heavy atom. The Kier molecular flexibility index (Phi) is 3.80. The van der Waals surface area contributed by atoms with Crippen molar-refractivity contribution in [3.8, 4) is 11.1 Å². The van der Waals surface area contributed by atoms with E-state index in [4.69, 9.17) is 40.5 Å². The minimum atomic E-state index is -0.614. The lowest BCUT2D eigenvalue weighted by Gasteiger charge is -2.07. The summed E-state index contributed by atoms with van der Waals surface area (Å²) in [5.41, 5.74) is 6.06. The van der Waals surface area contributed by atoms with Gasteiger partial charge in [0, 0.05) is 23.4 Å². The van der Waals surface area contributed by atoms with Gasteiger partial charge in [-0.2, -0.15) is 0 Å². The first-order chi connectivity index (χ1) is 8.90. The molecule has 98 valence electrons. The van der Waals surface area contributed by atoms with Gasteiger partial charge in [-0.05, 0) is 12.1 Å². The fourth-order valence-electron chi connectivity index (χ4n) is 1.50. The summed E-state index contributed by atoms with van der Waals surface area (Å²) in [4.78, 5) is 14.0. The van der Waals surface area contributed by atoms with Crippen LogP contribution in [0.4, 0.5) is 11.5 Å². The Morgan fingerprint density at radius 1 is 1.11 bits per heavy atom. The van der Waals surface area contributed by atoms with Crippen LogP contribution < -0.4 is 5.73 Å². The summed E-state index contributed by atoms with van der Waals surface area (Å²) >= 11 is 17.8. The number of pyridine rings is 1. The lowest BCUT2D eigenvalue weighted by Crippen LogP contribution is -1.98. The molecule has 5 nitrogen and oxygen atoms in total. The van der Waals surface area contributed by atoms with Gasteiger partial charge in [-0.3, -0.25) is 10.1 Å². The van der Waals surface area contributed by atoms with Crippen molar-refractivity contribution in [2.24, 2.45) is 0 Å². The maximum atomic E-state index is 10.8. The number of nitrogen functional groups attached to an aromatic ring is 1. The molecule has 0 aliphatic rings. The second-order valence-corrected chi connectivity index (χ2v) is 4.85. The molecule has 1 heterocycles. The Hall–Kier alpha value is -1.56. The smallest absolute Gasteiger partial charge is 0.311 e. The molecule has 1 aromatic carbocycles. The monoisotopic (exact) mass is 317 g/mol. The number of nitrogens with two attached hydrogens (primary N) is 1. The fraction of sp³-hybridized carbons (Fsp3) is 0. The summed E-state index contributed by atoms with van der Waals surface area (Å²) < 4.78 is 0. The highest BCUT2D eigenvalue weighted by Crippen LogP contribution is 2.36. The number of nitrogens with zero attached hydrogens (tertiary/aromatic N) is 2. The zero-order chi connectivity index (χ0) is 14.2. The normalized spacial score (nSPS) is 10.5. The van der Waals surface area contributed by atoms with Crippen LogP contribution in [-0.2, 0) is 0 Å². The van der Waals surface area contributed by atoms with E-state index in [1.54, 1.807) is 0 Å². The van der Waals surface area contributed by atoms with Gasteiger partial charge in [-0.1, -0.05) is 34.8 Å². The molecule has 0 amide bonds. The standard InChI is InChI=1S/C11H6Cl3N3O2/c12-7-3-9(14)8(13)2-6(7)5-1-10(17(18)19)11(15)16-4-5/h1-4H,(H2,15,16). The Labute approximate surface area is 123 Å². The van der Waals surface area contributed by atoms with E-state index in [-0.39, 0.29) is 11.5 Å². The highest BCUT2D eigenvalue weighted by Gasteiger charge is 2.16. The summed E-state index contributed by atoms with van der Waals surface area (Å²) in [5, 5.41) is 11.7. The fourth-order valence-corrected chi connectivity index (χ4v) is 2.16. The average Bonchev–Trinajstić information content (AvgIpc) is 2.34. The first-order valence-corrected chi connectivity index (χ1v) is 6.08. The number of hydrogen-bond donors (Lipinski definition) is 1. The quantitative estimate of drug-likeness (QED) is 0.511. The van der Waals surface area contributed by atoms with E-state index in [1.807, 2.05) is 0 Å². The van der Waals surface area contributed by atoms with E-state index in [0.29, 0.717) is 26.2 Å². The van der Waals surface area contributed by atoms with Crippen LogP contribution >= 0.6 is 34.8 Å². The second kappa shape index (κ2) is 5.21. The first kappa shape index (κ1) is 13.9. The molecule has 2 rings (SSSR count). The molecule has 2 aromatic rings. The number of aromatic nitrogens is 1. The third-order valence-electron chi connectivity index (χ3n) is 2.42. The van der Waals surface area contributed by atoms with E-state index in [2.05, 4.69) is 4.98 Å². The lowest BCUT2D eigenvalue weighted by atomic mass is 10.1. The maximum absolute atomic E-state index is 10.8. The summed E-state index contributed by atoms with van der Waals surface area (Å²) in [5.74, 6) is -0.162. The summed E-state index contributed by atoms with van der Waals surface area (Å²) in [6.07, 6.45) is 1.38. The van der Waals surface area contributed by atoms with Gasteiger partial charge in [0.15, 0.2) is 0 Å².